The molecule has 16 heavy (non-hydrogen) atoms. The Bertz CT molecular complexity index is 461. The molecule has 1 aliphatic heterocycles. The maximum absolute atomic E-state index is 8.99. The first-order valence-electron chi connectivity index (χ1n) is 5.92. The molecule has 2 atom stereocenters. The zero-order valence-electron chi connectivity index (χ0n) is 9.48. The second-order valence-electron chi connectivity index (χ2n) is 4.93. The van der Waals surface area contributed by atoms with Gasteiger partial charge in [0.2, 0.25) is 0 Å². The SMILES string of the molecule is Cc1ccc(N2CC3CCC2C3)nc1C#N. The summed E-state index contributed by atoms with van der Waals surface area (Å²) in [5.74, 6) is 1.85. The van der Waals surface area contributed by atoms with Crippen LogP contribution in [0.1, 0.15) is 30.5 Å². The topological polar surface area (TPSA) is 39.9 Å². The Labute approximate surface area is 95.7 Å². The van der Waals surface area contributed by atoms with E-state index in [1.165, 1.54) is 19.3 Å². The van der Waals surface area contributed by atoms with Gasteiger partial charge in [-0.15, -0.1) is 0 Å². The molecular weight excluding hydrogens is 198 g/mol. The van der Waals surface area contributed by atoms with Crippen LogP contribution in [0, 0.1) is 24.2 Å². The lowest BCUT2D eigenvalue weighted by Crippen LogP contribution is -2.32. The molecule has 0 N–H and O–H groups in total. The molecule has 2 fully saturated rings. The lowest BCUT2D eigenvalue weighted by molar-refractivity contribution is 0.550. The third kappa shape index (κ3) is 1.37. The molecule has 1 aromatic heterocycles. The molecule has 1 aromatic rings. The van der Waals surface area contributed by atoms with Gasteiger partial charge in [0.05, 0.1) is 0 Å². The normalized spacial score (nSPS) is 27.1. The molecule has 2 unspecified atom stereocenters. The van der Waals surface area contributed by atoms with E-state index in [0.29, 0.717) is 11.7 Å². The standard InChI is InChI=1S/C13H15N3/c1-9-2-5-13(15-12(9)7-14)16-8-10-3-4-11(16)6-10/h2,5,10-11H,3-4,6,8H2,1H3. The molecule has 0 amide bonds. The Morgan fingerprint density at radius 1 is 1.44 bits per heavy atom. The molecule has 3 rings (SSSR count). The molecule has 1 aliphatic carbocycles. The molecule has 0 radical (unpaired) electrons. The first-order valence-corrected chi connectivity index (χ1v) is 5.92. The lowest BCUT2D eigenvalue weighted by atomic mass is 10.1. The molecule has 82 valence electrons. The maximum Gasteiger partial charge on any atom is 0.145 e. The van der Waals surface area contributed by atoms with Crippen LogP contribution in [0.2, 0.25) is 0 Å². The molecular formula is C13H15N3. The third-order valence-electron chi connectivity index (χ3n) is 3.89. The van der Waals surface area contributed by atoms with Crippen LogP contribution in [-0.2, 0) is 0 Å². The van der Waals surface area contributed by atoms with Crippen LogP contribution >= 0.6 is 0 Å². The summed E-state index contributed by atoms with van der Waals surface area (Å²) in [6, 6.07) is 6.90. The molecule has 0 spiro atoms. The summed E-state index contributed by atoms with van der Waals surface area (Å²) in [4.78, 5) is 6.84. The van der Waals surface area contributed by atoms with Gasteiger partial charge in [0, 0.05) is 12.6 Å². The summed E-state index contributed by atoms with van der Waals surface area (Å²) < 4.78 is 0. The van der Waals surface area contributed by atoms with Crippen molar-refractivity contribution < 1.29 is 0 Å². The minimum atomic E-state index is 0.570. The fraction of sp³-hybridized carbons (Fsp3) is 0.538. The number of aryl methyl sites for hydroxylation is 1. The Balaban J connectivity index is 1.93. The highest BCUT2D eigenvalue weighted by atomic mass is 15.2. The predicted molar refractivity (Wildman–Crippen MR) is 62.2 cm³/mol. The van der Waals surface area contributed by atoms with Crippen LogP contribution in [0.25, 0.3) is 0 Å². The van der Waals surface area contributed by atoms with Gasteiger partial charge in [-0.25, -0.2) is 4.98 Å². The van der Waals surface area contributed by atoms with E-state index >= 15 is 0 Å². The van der Waals surface area contributed by atoms with Crippen molar-refractivity contribution in [3.05, 3.63) is 23.4 Å². The summed E-state index contributed by atoms with van der Waals surface area (Å²) in [5.41, 5.74) is 1.54. The summed E-state index contributed by atoms with van der Waals surface area (Å²) in [6.07, 6.45) is 3.98. The zero-order chi connectivity index (χ0) is 11.1. The summed E-state index contributed by atoms with van der Waals surface area (Å²) in [5, 5.41) is 8.99. The van der Waals surface area contributed by atoms with Crippen molar-refractivity contribution in [1.29, 1.82) is 5.26 Å². The van der Waals surface area contributed by atoms with Gasteiger partial charge < -0.3 is 4.90 Å². The number of rotatable bonds is 1. The van der Waals surface area contributed by atoms with E-state index < -0.39 is 0 Å². The van der Waals surface area contributed by atoms with Gasteiger partial charge in [0.1, 0.15) is 17.6 Å². The monoisotopic (exact) mass is 213 g/mol. The number of anilines is 1. The van der Waals surface area contributed by atoms with Gasteiger partial charge in [-0.2, -0.15) is 5.26 Å². The number of nitrogens with zero attached hydrogens (tertiary/aromatic N) is 3. The summed E-state index contributed by atoms with van der Waals surface area (Å²) in [7, 11) is 0. The summed E-state index contributed by atoms with van der Waals surface area (Å²) in [6.45, 7) is 3.07. The minimum absolute atomic E-state index is 0.570. The van der Waals surface area contributed by atoms with E-state index in [2.05, 4.69) is 22.0 Å². The van der Waals surface area contributed by atoms with Crippen LogP contribution in [0.5, 0.6) is 0 Å². The van der Waals surface area contributed by atoms with E-state index in [1.807, 2.05) is 13.0 Å². The van der Waals surface area contributed by atoms with Crippen LogP contribution in [0.4, 0.5) is 5.82 Å². The highest BCUT2D eigenvalue weighted by Gasteiger charge is 2.38. The van der Waals surface area contributed by atoms with E-state index in [9.17, 15) is 0 Å². The molecule has 1 saturated carbocycles. The molecule has 3 heteroatoms. The second-order valence-corrected chi connectivity index (χ2v) is 4.93. The van der Waals surface area contributed by atoms with Crippen LogP contribution in [0.15, 0.2) is 12.1 Å². The highest BCUT2D eigenvalue weighted by molar-refractivity contribution is 5.47. The number of aromatic nitrogens is 1. The van der Waals surface area contributed by atoms with Crippen LogP contribution < -0.4 is 4.90 Å². The van der Waals surface area contributed by atoms with Gasteiger partial charge in [-0.3, -0.25) is 0 Å². The highest BCUT2D eigenvalue weighted by Crippen LogP contribution is 2.39. The zero-order valence-corrected chi connectivity index (χ0v) is 9.48. The Kier molecular flexibility index (Phi) is 2.10. The fourth-order valence-corrected chi connectivity index (χ4v) is 3.00. The van der Waals surface area contributed by atoms with Crippen molar-refractivity contribution in [3.8, 4) is 6.07 Å². The number of hydrogen-bond acceptors (Lipinski definition) is 3. The van der Waals surface area contributed by atoms with E-state index in [4.69, 9.17) is 5.26 Å². The van der Waals surface area contributed by atoms with E-state index in [-0.39, 0.29) is 0 Å². The van der Waals surface area contributed by atoms with Crippen molar-refractivity contribution in [1.82, 2.24) is 4.98 Å². The lowest BCUT2D eigenvalue weighted by Gasteiger charge is -2.28. The minimum Gasteiger partial charge on any atom is -0.353 e. The first-order chi connectivity index (χ1) is 7.78. The van der Waals surface area contributed by atoms with Crippen molar-refractivity contribution in [2.75, 3.05) is 11.4 Å². The summed E-state index contributed by atoms with van der Waals surface area (Å²) >= 11 is 0. The van der Waals surface area contributed by atoms with Gasteiger partial charge in [-0.1, -0.05) is 6.07 Å². The molecule has 0 aromatic carbocycles. The Morgan fingerprint density at radius 3 is 2.94 bits per heavy atom. The molecule has 2 bridgehead atoms. The Hall–Kier alpha value is -1.56. The van der Waals surface area contributed by atoms with Crippen molar-refractivity contribution in [2.24, 2.45) is 5.92 Å². The predicted octanol–water partition coefficient (Wildman–Crippen LogP) is 2.25. The first kappa shape index (κ1) is 9.65. The number of fused-ring (bicyclic) bond motifs is 2. The van der Waals surface area contributed by atoms with Crippen molar-refractivity contribution in [3.63, 3.8) is 0 Å². The van der Waals surface area contributed by atoms with Gasteiger partial charge in [0.15, 0.2) is 0 Å². The van der Waals surface area contributed by atoms with Gasteiger partial charge in [-0.05, 0) is 43.7 Å². The number of nitriles is 1. The van der Waals surface area contributed by atoms with Crippen LogP contribution in [-0.4, -0.2) is 17.6 Å². The van der Waals surface area contributed by atoms with Crippen molar-refractivity contribution in [2.45, 2.75) is 32.2 Å². The largest absolute Gasteiger partial charge is 0.353 e. The Morgan fingerprint density at radius 2 is 2.31 bits per heavy atom. The average Bonchev–Trinajstić information content (AvgIpc) is 2.91. The smallest absolute Gasteiger partial charge is 0.145 e. The number of pyridine rings is 1. The quantitative estimate of drug-likeness (QED) is 0.718. The van der Waals surface area contributed by atoms with Gasteiger partial charge >= 0.3 is 0 Å². The second kappa shape index (κ2) is 3.48. The number of piperidine rings is 1. The average molecular weight is 213 g/mol. The molecule has 1 saturated heterocycles. The van der Waals surface area contributed by atoms with E-state index in [1.54, 1.807) is 0 Å². The van der Waals surface area contributed by atoms with Crippen LogP contribution in [0.3, 0.4) is 0 Å². The molecule has 2 heterocycles. The molecule has 2 aliphatic rings. The number of hydrogen-bond donors (Lipinski definition) is 0. The third-order valence-corrected chi connectivity index (χ3v) is 3.89. The fourth-order valence-electron chi connectivity index (χ4n) is 3.00. The van der Waals surface area contributed by atoms with Gasteiger partial charge in [0.25, 0.3) is 0 Å². The maximum atomic E-state index is 8.99. The van der Waals surface area contributed by atoms with E-state index in [0.717, 1.165) is 23.8 Å². The van der Waals surface area contributed by atoms with Crippen molar-refractivity contribution >= 4 is 5.82 Å². The molecule has 3 nitrogen and oxygen atoms in total.